The van der Waals surface area contributed by atoms with Crippen molar-refractivity contribution in [1.82, 2.24) is 24.7 Å². The third kappa shape index (κ3) is 2.60. The minimum absolute atomic E-state index is 0.161. The molecule has 124 valence electrons. The third-order valence-corrected chi connectivity index (χ3v) is 4.19. The highest BCUT2D eigenvalue weighted by atomic mass is 16.5. The number of fused-ring (bicyclic) bond motifs is 1. The summed E-state index contributed by atoms with van der Waals surface area (Å²) in [7, 11) is 1.89. The summed E-state index contributed by atoms with van der Waals surface area (Å²) in [5.74, 6) is 1.52. The van der Waals surface area contributed by atoms with Crippen molar-refractivity contribution < 1.29 is 4.74 Å². The maximum atomic E-state index is 5.85. The number of pyridine rings is 1. The van der Waals surface area contributed by atoms with E-state index in [-0.39, 0.29) is 12.2 Å². The molecule has 4 rings (SSSR count). The van der Waals surface area contributed by atoms with Crippen LogP contribution in [0.1, 0.15) is 13.8 Å². The van der Waals surface area contributed by atoms with Crippen LogP contribution in [0.4, 0.5) is 5.82 Å². The Morgan fingerprint density at radius 2 is 1.92 bits per heavy atom. The number of hydrogen-bond acceptors (Lipinski definition) is 6. The summed E-state index contributed by atoms with van der Waals surface area (Å²) in [6, 6.07) is 5.75. The number of aromatic nitrogens is 5. The van der Waals surface area contributed by atoms with Gasteiger partial charge in [0.25, 0.3) is 0 Å². The second kappa shape index (κ2) is 5.83. The Morgan fingerprint density at radius 1 is 1.12 bits per heavy atom. The topological polar surface area (TPSA) is 69.0 Å². The predicted molar refractivity (Wildman–Crippen MR) is 91.8 cm³/mol. The lowest BCUT2D eigenvalue weighted by atomic mass is 10.2. The molecule has 0 N–H and O–H groups in total. The largest absolute Gasteiger partial charge is 0.372 e. The van der Waals surface area contributed by atoms with Gasteiger partial charge in [0, 0.05) is 26.3 Å². The second-order valence-electron chi connectivity index (χ2n) is 6.25. The first kappa shape index (κ1) is 15.0. The molecule has 0 aliphatic carbocycles. The van der Waals surface area contributed by atoms with Crippen molar-refractivity contribution in [2.45, 2.75) is 26.1 Å². The fourth-order valence-electron chi connectivity index (χ4n) is 3.21. The molecule has 7 heteroatoms. The normalized spacial score (nSPS) is 21.4. The van der Waals surface area contributed by atoms with Gasteiger partial charge in [-0.1, -0.05) is 6.07 Å². The van der Waals surface area contributed by atoms with Gasteiger partial charge in [0.15, 0.2) is 11.5 Å². The minimum Gasteiger partial charge on any atom is -0.372 e. The van der Waals surface area contributed by atoms with Crippen LogP contribution in [0.3, 0.4) is 0 Å². The van der Waals surface area contributed by atoms with Crippen molar-refractivity contribution in [2.24, 2.45) is 7.05 Å². The molecule has 0 spiro atoms. The van der Waals surface area contributed by atoms with Crippen LogP contribution in [0.25, 0.3) is 22.6 Å². The molecule has 0 amide bonds. The zero-order chi connectivity index (χ0) is 16.7. The number of rotatable bonds is 2. The zero-order valence-corrected chi connectivity index (χ0v) is 14.0. The van der Waals surface area contributed by atoms with E-state index < -0.39 is 0 Å². The number of morpholine rings is 1. The summed E-state index contributed by atoms with van der Waals surface area (Å²) in [5.41, 5.74) is 1.57. The van der Waals surface area contributed by atoms with Crippen molar-refractivity contribution in [3.63, 3.8) is 0 Å². The summed E-state index contributed by atoms with van der Waals surface area (Å²) in [5, 5.41) is 5.32. The lowest BCUT2D eigenvalue weighted by Crippen LogP contribution is -2.46. The molecule has 0 radical (unpaired) electrons. The Morgan fingerprint density at radius 3 is 2.62 bits per heavy atom. The molecular weight excluding hydrogens is 304 g/mol. The Hall–Kier alpha value is -2.54. The van der Waals surface area contributed by atoms with Crippen molar-refractivity contribution in [1.29, 1.82) is 0 Å². The highest BCUT2D eigenvalue weighted by Gasteiger charge is 2.26. The average molecular weight is 324 g/mol. The quantitative estimate of drug-likeness (QED) is 0.718. The van der Waals surface area contributed by atoms with E-state index in [2.05, 4.69) is 33.8 Å². The zero-order valence-electron chi connectivity index (χ0n) is 14.0. The molecule has 0 aromatic carbocycles. The number of hydrogen-bond donors (Lipinski definition) is 0. The Balaban J connectivity index is 1.87. The monoisotopic (exact) mass is 324 g/mol. The van der Waals surface area contributed by atoms with Gasteiger partial charge >= 0.3 is 0 Å². The first-order valence-electron chi connectivity index (χ1n) is 8.13. The van der Waals surface area contributed by atoms with Gasteiger partial charge in [-0.05, 0) is 26.0 Å². The van der Waals surface area contributed by atoms with Crippen LogP contribution in [-0.4, -0.2) is 50.0 Å². The van der Waals surface area contributed by atoms with E-state index in [1.807, 2.05) is 31.4 Å². The fourth-order valence-corrected chi connectivity index (χ4v) is 3.21. The summed E-state index contributed by atoms with van der Waals surface area (Å²) < 4.78 is 7.63. The molecule has 1 saturated heterocycles. The van der Waals surface area contributed by atoms with Gasteiger partial charge in [-0.3, -0.25) is 9.67 Å². The molecule has 7 nitrogen and oxygen atoms in total. The molecule has 0 bridgehead atoms. The molecule has 2 unspecified atom stereocenters. The summed E-state index contributed by atoms with van der Waals surface area (Å²) in [6.45, 7) is 5.77. The third-order valence-electron chi connectivity index (χ3n) is 4.19. The fraction of sp³-hybridized carbons (Fsp3) is 0.412. The van der Waals surface area contributed by atoms with Crippen LogP contribution in [0, 0.1) is 0 Å². The van der Waals surface area contributed by atoms with Gasteiger partial charge in [0.2, 0.25) is 0 Å². The molecule has 24 heavy (non-hydrogen) atoms. The SMILES string of the molecule is CC1CN(c2nc(-c3ccccn3)nc3c2cnn3C)CC(C)O1. The molecule has 1 aliphatic rings. The van der Waals surface area contributed by atoms with Gasteiger partial charge in [-0.15, -0.1) is 0 Å². The lowest BCUT2D eigenvalue weighted by Gasteiger charge is -2.36. The van der Waals surface area contributed by atoms with E-state index >= 15 is 0 Å². The second-order valence-corrected chi connectivity index (χ2v) is 6.25. The highest BCUT2D eigenvalue weighted by Crippen LogP contribution is 2.28. The number of nitrogens with zero attached hydrogens (tertiary/aromatic N) is 6. The maximum absolute atomic E-state index is 5.85. The Labute approximate surface area is 140 Å². The summed E-state index contributed by atoms with van der Waals surface area (Å²) in [6.07, 6.45) is 3.91. The summed E-state index contributed by atoms with van der Waals surface area (Å²) in [4.78, 5) is 16.1. The molecule has 3 aromatic rings. The van der Waals surface area contributed by atoms with Crippen LogP contribution in [-0.2, 0) is 11.8 Å². The van der Waals surface area contributed by atoms with Gasteiger partial charge in [0.05, 0.1) is 23.8 Å². The van der Waals surface area contributed by atoms with Crippen LogP contribution < -0.4 is 4.90 Å². The van der Waals surface area contributed by atoms with Gasteiger partial charge in [-0.2, -0.15) is 5.10 Å². The van der Waals surface area contributed by atoms with E-state index in [1.165, 1.54) is 0 Å². The van der Waals surface area contributed by atoms with E-state index in [0.29, 0.717) is 5.82 Å². The average Bonchev–Trinajstić information content (AvgIpc) is 2.95. The van der Waals surface area contributed by atoms with Crippen LogP contribution in [0.5, 0.6) is 0 Å². The van der Waals surface area contributed by atoms with Crippen molar-refractivity contribution in [3.05, 3.63) is 30.6 Å². The first-order chi connectivity index (χ1) is 11.6. The van der Waals surface area contributed by atoms with Gasteiger partial charge < -0.3 is 9.64 Å². The van der Waals surface area contributed by atoms with Crippen molar-refractivity contribution in [2.75, 3.05) is 18.0 Å². The van der Waals surface area contributed by atoms with Crippen molar-refractivity contribution >= 4 is 16.9 Å². The standard InChI is InChI=1S/C17H20N6O/c1-11-9-23(10-12(2)24-11)17-13-8-19-22(3)16(13)20-15(21-17)14-6-4-5-7-18-14/h4-8,11-12H,9-10H2,1-3H3. The van der Waals surface area contributed by atoms with Gasteiger partial charge in [-0.25, -0.2) is 9.97 Å². The Kier molecular flexibility index (Phi) is 3.65. The Bertz CT molecular complexity index is 852. The molecule has 1 fully saturated rings. The minimum atomic E-state index is 0.161. The summed E-state index contributed by atoms with van der Waals surface area (Å²) >= 11 is 0. The lowest BCUT2D eigenvalue weighted by molar-refractivity contribution is -0.00536. The van der Waals surface area contributed by atoms with E-state index in [1.54, 1.807) is 10.9 Å². The molecular formula is C17H20N6O. The van der Waals surface area contributed by atoms with E-state index in [4.69, 9.17) is 9.72 Å². The van der Waals surface area contributed by atoms with Crippen LogP contribution >= 0.6 is 0 Å². The first-order valence-corrected chi connectivity index (χ1v) is 8.13. The number of aryl methyl sites for hydroxylation is 1. The van der Waals surface area contributed by atoms with E-state index in [0.717, 1.165) is 35.6 Å². The van der Waals surface area contributed by atoms with Gasteiger partial charge in [0.1, 0.15) is 11.5 Å². The smallest absolute Gasteiger partial charge is 0.182 e. The number of anilines is 1. The van der Waals surface area contributed by atoms with Crippen LogP contribution in [0.2, 0.25) is 0 Å². The highest BCUT2D eigenvalue weighted by molar-refractivity contribution is 5.88. The molecule has 2 atom stereocenters. The molecule has 1 aliphatic heterocycles. The number of ether oxygens (including phenoxy) is 1. The molecule has 3 aromatic heterocycles. The molecule has 0 saturated carbocycles. The maximum Gasteiger partial charge on any atom is 0.182 e. The van der Waals surface area contributed by atoms with E-state index in [9.17, 15) is 0 Å². The van der Waals surface area contributed by atoms with Crippen molar-refractivity contribution in [3.8, 4) is 11.5 Å². The molecule has 4 heterocycles. The predicted octanol–water partition coefficient (Wildman–Crippen LogP) is 2.04. The van der Waals surface area contributed by atoms with Crippen LogP contribution in [0.15, 0.2) is 30.6 Å².